The largest absolute Gasteiger partial charge is 0.326 e. The Hall–Kier alpha value is -2.82. The highest BCUT2D eigenvalue weighted by atomic mass is 19.1. The maximum atomic E-state index is 13.5. The molecule has 0 heterocycles. The number of amides is 1. The van der Waals surface area contributed by atoms with E-state index in [1.807, 2.05) is 0 Å². The van der Waals surface area contributed by atoms with Crippen LogP contribution in [0.15, 0.2) is 48.5 Å². The molecule has 0 fully saturated rings. The third-order valence-electron chi connectivity index (χ3n) is 2.85. The van der Waals surface area contributed by atoms with Crippen molar-refractivity contribution in [1.82, 2.24) is 0 Å². The van der Waals surface area contributed by atoms with Gasteiger partial charge in [0.05, 0.1) is 5.56 Å². The number of carbonyl (C=O) groups excluding carboxylic acids is 2. The molecule has 5 heteroatoms. The molecular weight excluding hydrogens is 288 g/mol. The van der Waals surface area contributed by atoms with Crippen LogP contribution in [0, 0.1) is 11.6 Å². The summed E-state index contributed by atoms with van der Waals surface area (Å²) < 4.78 is 26.3. The van der Waals surface area contributed by atoms with Crippen LogP contribution in [0.4, 0.5) is 14.5 Å². The van der Waals surface area contributed by atoms with Gasteiger partial charge in [-0.1, -0.05) is 18.2 Å². The zero-order chi connectivity index (χ0) is 16.1. The normalized spacial score (nSPS) is 10.7. The molecule has 0 spiro atoms. The molecule has 2 aromatic rings. The van der Waals surface area contributed by atoms with E-state index in [1.54, 1.807) is 24.3 Å². The van der Waals surface area contributed by atoms with E-state index in [2.05, 4.69) is 5.32 Å². The Morgan fingerprint density at radius 1 is 1.05 bits per heavy atom. The highest BCUT2D eigenvalue weighted by Gasteiger charge is 2.09. The molecule has 0 saturated heterocycles. The number of nitrogens with one attached hydrogen (secondary N) is 1. The minimum Gasteiger partial charge on any atom is -0.326 e. The fraction of sp³-hybridized carbons (Fsp3) is 0.0588. The Morgan fingerprint density at radius 2 is 1.73 bits per heavy atom. The quantitative estimate of drug-likeness (QED) is 0.689. The molecule has 0 atom stereocenters. The van der Waals surface area contributed by atoms with Gasteiger partial charge in [0, 0.05) is 18.7 Å². The van der Waals surface area contributed by atoms with Gasteiger partial charge < -0.3 is 5.32 Å². The molecule has 1 N–H and O–H groups in total. The van der Waals surface area contributed by atoms with Crippen LogP contribution in [0.3, 0.4) is 0 Å². The molecule has 0 bridgehead atoms. The van der Waals surface area contributed by atoms with Crippen LogP contribution in [0.5, 0.6) is 0 Å². The number of anilines is 1. The monoisotopic (exact) mass is 301 g/mol. The summed E-state index contributed by atoms with van der Waals surface area (Å²) in [5.74, 6) is -2.35. The van der Waals surface area contributed by atoms with Crippen LogP contribution in [0.1, 0.15) is 22.8 Å². The lowest BCUT2D eigenvalue weighted by Gasteiger charge is -2.02. The van der Waals surface area contributed by atoms with Crippen molar-refractivity contribution in [3.05, 3.63) is 71.3 Å². The molecule has 0 aliphatic rings. The second-order valence-electron chi connectivity index (χ2n) is 4.62. The third kappa shape index (κ3) is 4.09. The molecule has 0 aromatic heterocycles. The predicted octanol–water partition coefficient (Wildman–Crippen LogP) is 3.82. The zero-order valence-corrected chi connectivity index (χ0v) is 11.8. The molecule has 1 amide bonds. The Morgan fingerprint density at radius 3 is 2.32 bits per heavy atom. The van der Waals surface area contributed by atoms with Crippen LogP contribution in [-0.4, -0.2) is 11.7 Å². The first-order valence-corrected chi connectivity index (χ1v) is 6.51. The Kier molecular flexibility index (Phi) is 4.78. The predicted molar refractivity (Wildman–Crippen MR) is 80.5 cm³/mol. The maximum absolute atomic E-state index is 13.5. The van der Waals surface area contributed by atoms with E-state index in [1.165, 1.54) is 19.1 Å². The van der Waals surface area contributed by atoms with Crippen molar-refractivity contribution in [1.29, 1.82) is 0 Å². The van der Waals surface area contributed by atoms with Crippen molar-refractivity contribution in [2.45, 2.75) is 6.92 Å². The fourth-order valence-electron chi connectivity index (χ4n) is 1.83. The van der Waals surface area contributed by atoms with E-state index in [0.29, 0.717) is 17.3 Å². The summed E-state index contributed by atoms with van der Waals surface area (Å²) in [7, 11) is 0. The van der Waals surface area contributed by atoms with E-state index in [4.69, 9.17) is 0 Å². The number of carbonyl (C=O) groups is 2. The maximum Gasteiger partial charge on any atom is 0.221 e. The van der Waals surface area contributed by atoms with Crippen molar-refractivity contribution < 1.29 is 18.4 Å². The lowest BCUT2D eigenvalue weighted by Crippen LogP contribution is -2.05. The van der Waals surface area contributed by atoms with E-state index < -0.39 is 17.4 Å². The molecular formula is C17H13F2NO2. The molecule has 0 radical (unpaired) electrons. The topological polar surface area (TPSA) is 46.2 Å². The van der Waals surface area contributed by atoms with Crippen LogP contribution in [0.25, 0.3) is 6.08 Å². The number of allylic oxidation sites excluding steroid dienone is 1. The minimum atomic E-state index is -0.893. The zero-order valence-electron chi connectivity index (χ0n) is 11.8. The molecule has 3 nitrogen and oxygen atoms in total. The van der Waals surface area contributed by atoms with Gasteiger partial charge in [0.1, 0.15) is 11.6 Å². The molecule has 112 valence electrons. The third-order valence-corrected chi connectivity index (χ3v) is 2.85. The van der Waals surface area contributed by atoms with E-state index in [-0.39, 0.29) is 11.5 Å². The first-order valence-electron chi connectivity index (χ1n) is 6.51. The van der Waals surface area contributed by atoms with Crippen molar-refractivity contribution in [2.75, 3.05) is 5.32 Å². The molecule has 0 aliphatic heterocycles. The van der Waals surface area contributed by atoms with E-state index >= 15 is 0 Å². The lowest BCUT2D eigenvalue weighted by atomic mass is 10.1. The molecule has 22 heavy (non-hydrogen) atoms. The average molecular weight is 301 g/mol. The van der Waals surface area contributed by atoms with Gasteiger partial charge >= 0.3 is 0 Å². The summed E-state index contributed by atoms with van der Waals surface area (Å²) in [5, 5.41) is 2.62. The van der Waals surface area contributed by atoms with Crippen LogP contribution in [-0.2, 0) is 4.79 Å². The second-order valence-corrected chi connectivity index (χ2v) is 4.62. The summed E-state index contributed by atoms with van der Waals surface area (Å²) in [6.45, 7) is 1.41. The van der Waals surface area contributed by atoms with Crippen LogP contribution in [0.2, 0.25) is 0 Å². The van der Waals surface area contributed by atoms with E-state index in [9.17, 15) is 18.4 Å². The lowest BCUT2D eigenvalue weighted by molar-refractivity contribution is -0.114. The SMILES string of the molecule is CC(=O)Nc1ccc(/C=C/C(=O)c2ccc(F)cc2F)cc1. The van der Waals surface area contributed by atoms with Gasteiger partial charge in [0.25, 0.3) is 0 Å². The van der Waals surface area contributed by atoms with Gasteiger partial charge in [-0.05, 0) is 35.9 Å². The van der Waals surface area contributed by atoms with Crippen LogP contribution < -0.4 is 5.32 Å². The first kappa shape index (κ1) is 15.6. The molecule has 0 unspecified atom stereocenters. The Labute approximate surface area is 126 Å². The number of rotatable bonds is 4. The number of hydrogen-bond donors (Lipinski definition) is 1. The number of halogens is 2. The first-order chi connectivity index (χ1) is 10.5. The molecule has 0 saturated carbocycles. The fourth-order valence-corrected chi connectivity index (χ4v) is 1.83. The van der Waals surface area contributed by atoms with E-state index in [0.717, 1.165) is 12.1 Å². The molecule has 2 aromatic carbocycles. The summed E-state index contributed by atoms with van der Waals surface area (Å²) in [4.78, 5) is 22.8. The number of benzene rings is 2. The van der Waals surface area contributed by atoms with Gasteiger partial charge in [-0.2, -0.15) is 0 Å². The number of hydrogen-bond acceptors (Lipinski definition) is 2. The van der Waals surface area contributed by atoms with Crippen molar-refractivity contribution >= 4 is 23.5 Å². The Balaban J connectivity index is 2.10. The summed E-state index contributed by atoms with van der Waals surface area (Å²) >= 11 is 0. The molecule has 2 rings (SSSR count). The molecule has 0 aliphatic carbocycles. The summed E-state index contributed by atoms with van der Waals surface area (Å²) in [5.41, 5.74) is 1.16. The highest BCUT2D eigenvalue weighted by Crippen LogP contribution is 2.13. The van der Waals surface area contributed by atoms with Crippen molar-refractivity contribution in [3.63, 3.8) is 0 Å². The van der Waals surface area contributed by atoms with Gasteiger partial charge in [-0.15, -0.1) is 0 Å². The smallest absolute Gasteiger partial charge is 0.221 e. The number of ketones is 1. The Bertz CT molecular complexity index is 737. The summed E-state index contributed by atoms with van der Waals surface area (Å²) in [6, 6.07) is 9.59. The van der Waals surface area contributed by atoms with Gasteiger partial charge in [0.2, 0.25) is 5.91 Å². The van der Waals surface area contributed by atoms with Crippen LogP contribution >= 0.6 is 0 Å². The summed E-state index contributed by atoms with van der Waals surface area (Å²) in [6.07, 6.45) is 2.73. The van der Waals surface area contributed by atoms with Gasteiger partial charge in [0.15, 0.2) is 5.78 Å². The standard InChI is InChI=1S/C17H13F2NO2/c1-11(21)20-14-6-2-12(3-7-14)4-9-17(22)15-8-5-13(18)10-16(15)19/h2-10H,1H3,(H,20,21)/b9-4+. The van der Waals surface area contributed by atoms with Crippen molar-refractivity contribution in [2.24, 2.45) is 0 Å². The second kappa shape index (κ2) is 6.76. The average Bonchev–Trinajstić information content (AvgIpc) is 2.45. The minimum absolute atomic E-state index is 0.176. The van der Waals surface area contributed by atoms with Crippen molar-refractivity contribution in [3.8, 4) is 0 Å². The van der Waals surface area contributed by atoms with Gasteiger partial charge in [-0.3, -0.25) is 9.59 Å². The van der Waals surface area contributed by atoms with Gasteiger partial charge in [-0.25, -0.2) is 8.78 Å². The highest BCUT2D eigenvalue weighted by molar-refractivity contribution is 6.07.